The Bertz CT molecular complexity index is 173. The van der Waals surface area contributed by atoms with Crippen molar-refractivity contribution in [1.29, 1.82) is 0 Å². The number of carbonyl (C=O) groups excluding carboxylic acids is 1. The molecule has 0 heterocycles. The summed E-state index contributed by atoms with van der Waals surface area (Å²) in [7, 11) is 0. The van der Waals surface area contributed by atoms with Crippen molar-refractivity contribution in [3.05, 3.63) is 0 Å². The molecule has 0 aromatic carbocycles. The van der Waals surface area contributed by atoms with Gasteiger partial charge in [0, 0.05) is 12.5 Å². The lowest BCUT2D eigenvalue weighted by atomic mass is 9.86. The van der Waals surface area contributed by atoms with Gasteiger partial charge in [-0.3, -0.25) is 4.79 Å². The molecule has 1 atom stereocenters. The zero-order chi connectivity index (χ0) is 10.4. The lowest BCUT2D eigenvalue weighted by Gasteiger charge is -2.22. The maximum absolute atomic E-state index is 11.6. The highest BCUT2D eigenvalue weighted by Gasteiger charge is 2.26. The monoisotopic (exact) mass is 200 g/mol. The van der Waals surface area contributed by atoms with E-state index in [0.29, 0.717) is 6.61 Å². The lowest BCUT2D eigenvalue weighted by molar-refractivity contribution is -0.161. The molecule has 0 aromatic rings. The fourth-order valence-corrected chi connectivity index (χ4v) is 1.90. The van der Waals surface area contributed by atoms with Crippen LogP contribution in [-0.2, 0) is 9.53 Å². The SMILES string of the molecule is CCCO[C@@H](O)C(=O)C1CCCCC1. The number of aliphatic hydroxyl groups excluding tert-OH is 1. The highest BCUT2D eigenvalue weighted by Crippen LogP contribution is 2.25. The largest absolute Gasteiger partial charge is 0.362 e. The van der Waals surface area contributed by atoms with Gasteiger partial charge in [-0.05, 0) is 19.3 Å². The number of hydrogen-bond acceptors (Lipinski definition) is 3. The van der Waals surface area contributed by atoms with E-state index in [4.69, 9.17) is 4.74 Å². The second-order valence-corrected chi connectivity index (χ2v) is 3.96. The Balaban J connectivity index is 2.30. The molecule has 1 fully saturated rings. The minimum atomic E-state index is -1.18. The van der Waals surface area contributed by atoms with E-state index in [2.05, 4.69) is 0 Å². The van der Waals surface area contributed by atoms with Crippen LogP contribution < -0.4 is 0 Å². The van der Waals surface area contributed by atoms with Gasteiger partial charge in [0.1, 0.15) is 0 Å². The molecular weight excluding hydrogens is 180 g/mol. The van der Waals surface area contributed by atoms with Crippen molar-refractivity contribution in [2.24, 2.45) is 5.92 Å². The molecule has 3 heteroatoms. The summed E-state index contributed by atoms with van der Waals surface area (Å²) in [4.78, 5) is 11.6. The molecule has 1 aliphatic rings. The smallest absolute Gasteiger partial charge is 0.215 e. The first-order valence-corrected chi connectivity index (χ1v) is 5.59. The van der Waals surface area contributed by atoms with E-state index in [1.54, 1.807) is 0 Å². The summed E-state index contributed by atoms with van der Waals surface area (Å²) < 4.78 is 5.01. The predicted octanol–water partition coefficient (Wildman–Crippen LogP) is 1.88. The van der Waals surface area contributed by atoms with E-state index in [-0.39, 0.29) is 11.7 Å². The van der Waals surface area contributed by atoms with E-state index >= 15 is 0 Å². The molecule has 82 valence electrons. The van der Waals surface area contributed by atoms with Gasteiger partial charge in [0.05, 0.1) is 0 Å². The average molecular weight is 200 g/mol. The fraction of sp³-hybridized carbons (Fsp3) is 0.909. The van der Waals surface area contributed by atoms with E-state index in [9.17, 15) is 9.90 Å². The predicted molar refractivity (Wildman–Crippen MR) is 53.8 cm³/mol. The maximum Gasteiger partial charge on any atom is 0.215 e. The number of Topliss-reactive ketones (excluding diaryl/α,β-unsaturated/α-hetero) is 1. The summed E-state index contributed by atoms with van der Waals surface area (Å²) in [5, 5.41) is 9.43. The van der Waals surface area contributed by atoms with Crippen molar-refractivity contribution in [3.8, 4) is 0 Å². The van der Waals surface area contributed by atoms with Crippen LogP contribution in [0.3, 0.4) is 0 Å². The molecule has 0 saturated heterocycles. The molecule has 0 amide bonds. The van der Waals surface area contributed by atoms with Crippen LogP contribution in [0.1, 0.15) is 45.4 Å². The number of hydrogen-bond donors (Lipinski definition) is 1. The molecule has 1 rings (SSSR count). The van der Waals surface area contributed by atoms with Gasteiger partial charge in [0.25, 0.3) is 0 Å². The Labute approximate surface area is 85.5 Å². The Morgan fingerprint density at radius 3 is 2.64 bits per heavy atom. The average Bonchev–Trinajstić information content (AvgIpc) is 2.26. The van der Waals surface area contributed by atoms with Crippen LogP contribution >= 0.6 is 0 Å². The van der Waals surface area contributed by atoms with Crippen molar-refractivity contribution < 1.29 is 14.6 Å². The normalized spacial score (nSPS) is 20.7. The molecule has 1 aliphatic carbocycles. The molecule has 0 aliphatic heterocycles. The molecule has 14 heavy (non-hydrogen) atoms. The quantitative estimate of drug-likeness (QED) is 0.689. The minimum Gasteiger partial charge on any atom is -0.362 e. The van der Waals surface area contributed by atoms with Gasteiger partial charge in [-0.1, -0.05) is 26.2 Å². The van der Waals surface area contributed by atoms with Crippen molar-refractivity contribution in [2.75, 3.05) is 6.61 Å². The number of rotatable bonds is 5. The third kappa shape index (κ3) is 3.39. The van der Waals surface area contributed by atoms with Crippen LogP contribution in [0.5, 0.6) is 0 Å². The standard InChI is InChI=1S/C11H20O3/c1-2-8-14-11(13)10(12)9-6-4-3-5-7-9/h9,11,13H,2-8H2,1H3/t11-/m1/s1. The second kappa shape index (κ2) is 6.14. The first kappa shape index (κ1) is 11.7. The third-order valence-electron chi connectivity index (χ3n) is 2.73. The van der Waals surface area contributed by atoms with E-state index < -0.39 is 6.29 Å². The van der Waals surface area contributed by atoms with Crippen LogP contribution in [0.15, 0.2) is 0 Å². The van der Waals surface area contributed by atoms with Gasteiger partial charge in [-0.25, -0.2) is 0 Å². The zero-order valence-corrected chi connectivity index (χ0v) is 8.87. The molecule has 0 spiro atoms. The summed E-state index contributed by atoms with van der Waals surface area (Å²) in [6, 6.07) is 0. The minimum absolute atomic E-state index is 0.0376. The number of ketones is 1. The molecule has 0 unspecified atom stereocenters. The Kier molecular flexibility index (Phi) is 5.12. The van der Waals surface area contributed by atoms with Crippen molar-refractivity contribution in [1.82, 2.24) is 0 Å². The van der Waals surface area contributed by atoms with Crippen LogP contribution in [0.4, 0.5) is 0 Å². The highest BCUT2D eigenvalue weighted by molar-refractivity contribution is 5.84. The molecule has 1 N–H and O–H groups in total. The summed E-state index contributed by atoms with van der Waals surface area (Å²) in [6.07, 6.45) is 4.92. The Hall–Kier alpha value is -0.410. The van der Waals surface area contributed by atoms with Gasteiger partial charge in [-0.2, -0.15) is 0 Å². The first-order valence-electron chi connectivity index (χ1n) is 5.59. The highest BCUT2D eigenvalue weighted by atomic mass is 16.6. The summed E-state index contributed by atoms with van der Waals surface area (Å²) in [5.41, 5.74) is 0. The summed E-state index contributed by atoms with van der Waals surface area (Å²) in [6.45, 7) is 2.41. The fourth-order valence-electron chi connectivity index (χ4n) is 1.90. The van der Waals surface area contributed by atoms with Crippen molar-refractivity contribution in [2.45, 2.75) is 51.7 Å². The van der Waals surface area contributed by atoms with E-state index in [1.807, 2.05) is 6.92 Å². The van der Waals surface area contributed by atoms with Crippen molar-refractivity contribution >= 4 is 5.78 Å². The number of aliphatic hydroxyl groups is 1. The first-order chi connectivity index (χ1) is 6.75. The van der Waals surface area contributed by atoms with Crippen LogP contribution in [0.2, 0.25) is 0 Å². The Morgan fingerprint density at radius 2 is 2.07 bits per heavy atom. The van der Waals surface area contributed by atoms with Gasteiger partial charge < -0.3 is 9.84 Å². The zero-order valence-electron chi connectivity index (χ0n) is 8.87. The molecular formula is C11H20O3. The van der Waals surface area contributed by atoms with Crippen LogP contribution in [-0.4, -0.2) is 23.8 Å². The molecule has 0 bridgehead atoms. The van der Waals surface area contributed by atoms with Gasteiger partial charge in [-0.15, -0.1) is 0 Å². The topological polar surface area (TPSA) is 46.5 Å². The Morgan fingerprint density at radius 1 is 1.43 bits per heavy atom. The maximum atomic E-state index is 11.6. The molecule has 3 nitrogen and oxygen atoms in total. The van der Waals surface area contributed by atoms with Gasteiger partial charge in [0.2, 0.25) is 6.29 Å². The molecule has 0 radical (unpaired) electrons. The number of ether oxygens (including phenoxy) is 1. The van der Waals surface area contributed by atoms with Crippen LogP contribution in [0.25, 0.3) is 0 Å². The van der Waals surface area contributed by atoms with E-state index in [0.717, 1.165) is 32.1 Å². The van der Waals surface area contributed by atoms with Gasteiger partial charge in [0.15, 0.2) is 5.78 Å². The summed E-state index contributed by atoms with van der Waals surface area (Å²) in [5.74, 6) is -0.0752. The van der Waals surface area contributed by atoms with Gasteiger partial charge >= 0.3 is 0 Å². The molecule has 0 aromatic heterocycles. The molecule has 1 saturated carbocycles. The van der Waals surface area contributed by atoms with E-state index in [1.165, 1.54) is 6.42 Å². The third-order valence-corrected chi connectivity index (χ3v) is 2.73. The lowest BCUT2D eigenvalue weighted by Crippen LogP contribution is -2.31. The number of carbonyl (C=O) groups is 1. The summed E-state index contributed by atoms with van der Waals surface area (Å²) >= 11 is 0. The second-order valence-electron chi connectivity index (χ2n) is 3.96. The van der Waals surface area contributed by atoms with Crippen molar-refractivity contribution in [3.63, 3.8) is 0 Å². The van der Waals surface area contributed by atoms with Crippen LogP contribution in [0, 0.1) is 5.92 Å².